The summed E-state index contributed by atoms with van der Waals surface area (Å²) in [5.74, 6) is 1.02. The van der Waals surface area contributed by atoms with Gasteiger partial charge >= 0.3 is 0 Å². The molecule has 2 aliphatic heterocycles. The Hall–Kier alpha value is -1.71. The Bertz CT molecular complexity index is 846. The first-order valence-electron chi connectivity index (χ1n) is 8.52. The summed E-state index contributed by atoms with van der Waals surface area (Å²) in [6.07, 6.45) is 0.679. The van der Waals surface area contributed by atoms with E-state index in [-0.39, 0.29) is 18.2 Å². The summed E-state index contributed by atoms with van der Waals surface area (Å²) in [7, 11) is 0. The van der Waals surface area contributed by atoms with Crippen molar-refractivity contribution in [3.63, 3.8) is 0 Å². The Labute approximate surface area is 158 Å². The summed E-state index contributed by atoms with van der Waals surface area (Å²) >= 11 is 12.7. The van der Waals surface area contributed by atoms with Gasteiger partial charge in [-0.3, -0.25) is 0 Å². The normalized spacial score (nSPS) is 21.7. The van der Waals surface area contributed by atoms with Gasteiger partial charge in [-0.1, -0.05) is 66.9 Å². The lowest BCUT2D eigenvalue weighted by Crippen LogP contribution is -2.43. The van der Waals surface area contributed by atoms with Crippen LogP contribution in [-0.2, 0) is 0 Å². The van der Waals surface area contributed by atoms with Gasteiger partial charge in [-0.15, -0.1) is 0 Å². The van der Waals surface area contributed by atoms with E-state index in [9.17, 15) is 0 Å². The highest BCUT2D eigenvalue weighted by molar-refractivity contribution is 6.35. The summed E-state index contributed by atoms with van der Waals surface area (Å²) in [6, 6.07) is 12.3. The molecule has 0 radical (unpaired) electrons. The maximum absolute atomic E-state index is 6.41. The highest BCUT2D eigenvalue weighted by Crippen LogP contribution is 2.48. The second-order valence-corrected chi connectivity index (χ2v) is 7.91. The lowest BCUT2D eigenvalue weighted by atomic mass is 9.95. The van der Waals surface area contributed by atoms with Gasteiger partial charge in [0.1, 0.15) is 5.75 Å². The smallest absolute Gasteiger partial charge is 0.190 e. The van der Waals surface area contributed by atoms with E-state index < -0.39 is 0 Å². The van der Waals surface area contributed by atoms with E-state index in [1.807, 2.05) is 6.07 Å². The average Bonchev–Trinajstić information content (AvgIpc) is 3.00. The molecule has 0 aromatic heterocycles. The fraction of sp³-hybridized carbons (Fsp3) is 0.350. The number of fused-ring (bicyclic) bond motifs is 3. The van der Waals surface area contributed by atoms with Crippen molar-refractivity contribution in [2.75, 3.05) is 0 Å². The second-order valence-electron chi connectivity index (χ2n) is 7.07. The Morgan fingerprint density at radius 3 is 2.56 bits per heavy atom. The number of benzene rings is 2. The first-order chi connectivity index (χ1) is 11.9. The van der Waals surface area contributed by atoms with Crippen molar-refractivity contribution < 1.29 is 4.74 Å². The molecule has 0 N–H and O–H groups in total. The number of ether oxygens (including phenoxy) is 1. The minimum Gasteiger partial charge on any atom is -0.467 e. The summed E-state index contributed by atoms with van der Waals surface area (Å²) < 4.78 is 6.22. The lowest BCUT2D eigenvalue weighted by molar-refractivity contribution is -0.0460. The van der Waals surface area contributed by atoms with Crippen LogP contribution in [0.5, 0.6) is 5.75 Å². The van der Waals surface area contributed by atoms with Crippen LogP contribution in [0.2, 0.25) is 10.0 Å². The lowest BCUT2D eigenvalue weighted by Gasteiger charge is -2.40. The topological polar surface area (TPSA) is 24.8 Å². The molecule has 0 saturated heterocycles. The highest BCUT2D eigenvalue weighted by atomic mass is 35.5. The molecule has 2 heterocycles. The van der Waals surface area contributed by atoms with E-state index in [0.717, 1.165) is 29.0 Å². The van der Waals surface area contributed by atoms with E-state index >= 15 is 0 Å². The fourth-order valence-corrected chi connectivity index (χ4v) is 4.06. The van der Waals surface area contributed by atoms with Crippen molar-refractivity contribution in [1.82, 2.24) is 5.01 Å². The Morgan fingerprint density at radius 2 is 1.88 bits per heavy atom. The molecule has 0 saturated carbocycles. The van der Waals surface area contributed by atoms with Crippen LogP contribution in [0, 0.1) is 12.8 Å². The van der Waals surface area contributed by atoms with E-state index in [4.69, 9.17) is 33.0 Å². The van der Waals surface area contributed by atoms with Gasteiger partial charge in [-0.05, 0) is 24.6 Å². The molecule has 2 aromatic rings. The Kier molecular flexibility index (Phi) is 4.17. The van der Waals surface area contributed by atoms with Crippen LogP contribution in [0.4, 0.5) is 0 Å². The number of aryl methyl sites for hydroxylation is 1. The van der Waals surface area contributed by atoms with Crippen molar-refractivity contribution in [2.24, 2.45) is 11.0 Å². The summed E-state index contributed by atoms with van der Waals surface area (Å²) in [5.41, 5.74) is 4.48. The van der Waals surface area contributed by atoms with Gasteiger partial charge in [0.25, 0.3) is 0 Å². The molecule has 2 aliphatic rings. The maximum atomic E-state index is 6.41. The monoisotopic (exact) mass is 374 g/mol. The molecule has 3 nitrogen and oxygen atoms in total. The molecule has 2 atom stereocenters. The minimum atomic E-state index is -0.140. The second kappa shape index (κ2) is 6.22. The number of hydrazone groups is 1. The van der Waals surface area contributed by atoms with E-state index in [0.29, 0.717) is 10.0 Å². The van der Waals surface area contributed by atoms with Crippen molar-refractivity contribution >= 4 is 28.9 Å². The molecule has 5 heteroatoms. The molecule has 25 heavy (non-hydrogen) atoms. The van der Waals surface area contributed by atoms with Crippen molar-refractivity contribution in [3.05, 3.63) is 63.1 Å². The third-order valence-electron chi connectivity index (χ3n) is 4.79. The number of rotatable bonds is 2. The quantitative estimate of drug-likeness (QED) is 0.660. The van der Waals surface area contributed by atoms with Gasteiger partial charge in [-0.25, -0.2) is 5.01 Å². The molecular weight excluding hydrogens is 355 g/mol. The average molecular weight is 375 g/mol. The predicted molar refractivity (Wildman–Crippen MR) is 103 cm³/mol. The van der Waals surface area contributed by atoms with Crippen LogP contribution in [0.25, 0.3) is 0 Å². The zero-order valence-corrected chi connectivity index (χ0v) is 16.0. The number of halogens is 2. The van der Waals surface area contributed by atoms with Gasteiger partial charge in [0.2, 0.25) is 0 Å². The fourth-order valence-electron chi connectivity index (χ4n) is 3.50. The zero-order valence-electron chi connectivity index (χ0n) is 14.5. The zero-order chi connectivity index (χ0) is 17.7. The van der Waals surface area contributed by atoms with E-state index in [2.05, 4.69) is 50.0 Å². The summed E-state index contributed by atoms with van der Waals surface area (Å²) in [5, 5.41) is 8.18. The van der Waals surface area contributed by atoms with Crippen LogP contribution in [0.1, 0.15) is 43.0 Å². The molecule has 0 bridgehead atoms. The maximum Gasteiger partial charge on any atom is 0.190 e. The molecule has 0 amide bonds. The predicted octanol–water partition coefficient (Wildman–Crippen LogP) is 5.83. The van der Waals surface area contributed by atoms with Gasteiger partial charge < -0.3 is 4.74 Å². The van der Waals surface area contributed by atoms with Crippen molar-refractivity contribution in [3.8, 4) is 5.75 Å². The molecule has 0 unspecified atom stereocenters. The largest absolute Gasteiger partial charge is 0.467 e. The molecule has 0 spiro atoms. The van der Waals surface area contributed by atoms with Crippen molar-refractivity contribution in [1.29, 1.82) is 0 Å². The van der Waals surface area contributed by atoms with Crippen LogP contribution < -0.4 is 4.74 Å². The number of hydrogen-bond acceptors (Lipinski definition) is 3. The minimum absolute atomic E-state index is 0.101. The number of nitrogens with zero attached hydrogens (tertiary/aromatic N) is 2. The molecule has 0 aliphatic carbocycles. The SMILES string of the molecule is Cc1ccc(C2=NN3[C@@H](C(C)C)Oc4c(Cl)cc(Cl)cc4[C@@H]3C2)cc1. The standard InChI is InChI=1S/C20H20Cl2N2O/c1-11(2)20-24-18(15-8-14(21)9-16(22)19(15)25-20)10-17(23-24)13-6-4-12(3)5-7-13/h4-9,11,18,20H,10H2,1-3H3/t18-,20+/m0/s1. The Balaban J connectivity index is 1.78. The van der Waals surface area contributed by atoms with Gasteiger partial charge in [-0.2, -0.15) is 5.10 Å². The van der Waals surface area contributed by atoms with Crippen LogP contribution >= 0.6 is 23.2 Å². The third-order valence-corrected chi connectivity index (χ3v) is 5.29. The van der Waals surface area contributed by atoms with Crippen molar-refractivity contribution in [2.45, 2.75) is 39.5 Å². The van der Waals surface area contributed by atoms with Crippen LogP contribution in [0.3, 0.4) is 0 Å². The van der Waals surface area contributed by atoms with E-state index in [1.54, 1.807) is 6.07 Å². The summed E-state index contributed by atoms with van der Waals surface area (Å²) in [6.45, 7) is 6.36. The first-order valence-corrected chi connectivity index (χ1v) is 9.28. The van der Waals surface area contributed by atoms with Gasteiger partial charge in [0.05, 0.1) is 16.8 Å². The third kappa shape index (κ3) is 2.90. The highest BCUT2D eigenvalue weighted by Gasteiger charge is 2.42. The molecule has 0 fully saturated rings. The van der Waals surface area contributed by atoms with Crippen LogP contribution in [-0.4, -0.2) is 16.9 Å². The Morgan fingerprint density at radius 1 is 1.16 bits per heavy atom. The molecule has 4 rings (SSSR count). The molecule has 2 aromatic carbocycles. The van der Waals surface area contributed by atoms with Gasteiger partial charge in [0, 0.05) is 22.9 Å². The molecule has 130 valence electrons. The molecular formula is C20H20Cl2N2O. The van der Waals surface area contributed by atoms with E-state index in [1.165, 1.54) is 5.56 Å². The summed E-state index contributed by atoms with van der Waals surface area (Å²) in [4.78, 5) is 0. The van der Waals surface area contributed by atoms with Crippen LogP contribution in [0.15, 0.2) is 41.5 Å². The first kappa shape index (κ1) is 16.7. The van der Waals surface area contributed by atoms with Gasteiger partial charge in [0.15, 0.2) is 6.23 Å². The number of hydrogen-bond donors (Lipinski definition) is 0.